The molecule has 0 saturated heterocycles. The zero-order chi connectivity index (χ0) is 16.7. The van der Waals surface area contributed by atoms with Gasteiger partial charge in [0.2, 0.25) is 0 Å². The zero-order valence-corrected chi connectivity index (χ0v) is 13.4. The van der Waals surface area contributed by atoms with Crippen LogP contribution in [0.4, 0.5) is 0 Å². The van der Waals surface area contributed by atoms with Crippen molar-refractivity contribution in [2.75, 3.05) is 0 Å². The van der Waals surface area contributed by atoms with Crippen molar-refractivity contribution in [3.63, 3.8) is 0 Å². The molecule has 2 rings (SSSR count). The third kappa shape index (κ3) is 4.78. The van der Waals surface area contributed by atoms with Gasteiger partial charge in [-0.25, -0.2) is 0 Å². The molecule has 1 fully saturated rings. The minimum Gasteiger partial charge on any atom is -0.447 e. The van der Waals surface area contributed by atoms with Gasteiger partial charge in [0.15, 0.2) is 6.10 Å². The molecule has 0 radical (unpaired) electrons. The van der Waals surface area contributed by atoms with Gasteiger partial charge in [-0.2, -0.15) is 5.26 Å². The van der Waals surface area contributed by atoms with Crippen molar-refractivity contribution in [3.05, 3.63) is 35.9 Å². The highest BCUT2D eigenvalue weighted by Crippen LogP contribution is 2.37. The Balaban J connectivity index is 2.12. The van der Waals surface area contributed by atoms with Crippen molar-refractivity contribution in [3.8, 4) is 6.07 Å². The third-order valence-corrected chi connectivity index (χ3v) is 4.29. The molecule has 1 aliphatic rings. The highest BCUT2D eigenvalue weighted by Gasteiger charge is 2.43. The van der Waals surface area contributed by atoms with Gasteiger partial charge in [-0.05, 0) is 18.4 Å². The van der Waals surface area contributed by atoms with Crippen LogP contribution in [0.15, 0.2) is 30.3 Å². The number of ether oxygens (including phenoxy) is 2. The van der Waals surface area contributed by atoms with E-state index in [0.717, 1.165) is 18.4 Å². The number of nitriles is 1. The zero-order valence-electron chi connectivity index (χ0n) is 13.4. The van der Waals surface area contributed by atoms with E-state index in [2.05, 4.69) is 0 Å². The van der Waals surface area contributed by atoms with Crippen LogP contribution in [0.25, 0.3) is 0 Å². The number of rotatable bonds is 6. The van der Waals surface area contributed by atoms with Crippen LogP contribution >= 0.6 is 0 Å². The monoisotopic (exact) mass is 317 g/mol. The van der Waals surface area contributed by atoms with Gasteiger partial charge in [0, 0.05) is 13.3 Å². The average molecular weight is 317 g/mol. The Morgan fingerprint density at radius 3 is 2.78 bits per heavy atom. The van der Waals surface area contributed by atoms with Gasteiger partial charge in [0.05, 0.1) is 18.3 Å². The summed E-state index contributed by atoms with van der Waals surface area (Å²) in [5, 5.41) is 19.7. The smallest absolute Gasteiger partial charge is 0.303 e. The van der Waals surface area contributed by atoms with Crippen LogP contribution in [0.2, 0.25) is 0 Å². The molecule has 5 nitrogen and oxygen atoms in total. The maximum absolute atomic E-state index is 11.1. The number of carbonyl (C=O) groups excluding carboxylic acids is 1. The number of esters is 1. The first-order chi connectivity index (χ1) is 11.1. The fourth-order valence-corrected chi connectivity index (χ4v) is 3.09. The third-order valence-electron chi connectivity index (χ3n) is 4.29. The van der Waals surface area contributed by atoms with E-state index in [0.29, 0.717) is 19.4 Å². The summed E-state index contributed by atoms with van der Waals surface area (Å²) in [4.78, 5) is 11.1. The summed E-state index contributed by atoms with van der Waals surface area (Å²) in [7, 11) is 0. The van der Waals surface area contributed by atoms with Gasteiger partial charge in [-0.1, -0.05) is 43.2 Å². The Bertz CT molecular complexity index is 554. The Morgan fingerprint density at radius 1 is 1.43 bits per heavy atom. The number of carbonyl (C=O) groups is 1. The number of aliphatic hydroxyl groups excluding tert-OH is 1. The molecule has 1 saturated carbocycles. The fourth-order valence-electron chi connectivity index (χ4n) is 3.09. The summed E-state index contributed by atoms with van der Waals surface area (Å²) in [6.07, 6.45) is 1.76. The second-order valence-electron chi connectivity index (χ2n) is 6.03. The molecule has 0 heterocycles. The van der Waals surface area contributed by atoms with Crippen LogP contribution in [0, 0.1) is 11.3 Å². The van der Waals surface area contributed by atoms with E-state index in [4.69, 9.17) is 9.47 Å². The first-order valence-corrected chi connectivity index (χ1v) is 7.98. The van der Waals surface area contributed by atoms with Gasteiger partial charge in [-0.15, -0.1) is 0 Å². The molecule has 0 bridgehead atoms. The number of hydrogen-bond donors (Lipinski definition) is 1. The fraction of sp³-hybridized carbons (Fsp3) is 0.556. The minimum atomic E-state index is -0.906. The molecule has 23 heavy (non-hydrogen) atoms. The summed E-state index contributed by atoms with van der Waals surface area (Å²) in [6.45, 7) is 1.63. The first kappa shape index (κ1) is 17.5. The summed E-state index contributed by atoms with van der Waals surface area (Å²) >= 11 is 0. The number of aliphatic hydroxyl groups is 1. The summed E-state index contributed by atoms with van der Waals surface area (Å²) in [5.41, 5.74) is 0.162. The first-order valence-electron chi connectivity index (χ1n) is 7.98. The summed E-state index contributed by atoms with van der Waals surface area (Å²) in [6, 6.07) is 11.7. The van der Waals surface area contributed by atoms with E-state index in [9.17, 15) is 15.2 Å². The lowest BCUT2D eigenvalue weighted by Gasteiger charge is -2.42. The van der Waals surface area contributed by atoms with Gasteiger partial charge in [-0.3, -0.25) is 4.79 Å². The highest BCUT2D eigenvalue weighted by atomic mass is 16.5. The molecular weight excluding hydrogens is 294 g/mol. The van der Waals surface area contributed by atoms with Crippen LogP contribution in [-0.4, -0.2) is 28.9 Å². The van der Waals surface area contributed by atoms with E-state index >= 15 is 0 Å². The van der Waals surface area contributed by atoms with Crippen LogP contribution < -0.4 is 0 Å². The van der Waals surface area contributed by atoms with Crippen LogP contribution in [0.3, 0.4) is 0 Å². The average Bonchev–Trinajstić information content (AvgIpc) is 2.55. The lowest BCUT2D eigenvalue weighted by molar-refractivity contribution is -0.173. The Hall–Kier alpha value is -1.90. The van der Waals surface area contributed by atoms with Crippen molar-refractivity contribution in [1.82, 2.24) is 0 Å². The molecule has 0 aromatic heterocycles. The predicted molar refractivity (Wildman–Crippen MR) is 84.2 cm³/mol. The standard InChI is InChI=1S/C18H23NO4/c1-14(20)23-16(12-19)11-18(10-6-5-9-17(18)21)22-13-15-7-3-2-4-8-15/h2-4,7-8,16-17,21H,5-6,9-11,13H2,1H3/t16-,17?,18-/m1/s1. The van der Waals surface area contributed by atoms with E-state index in [1.54, 1.807) is 0 Å². The van der Waals surface area contributed by atoms with E-state index in [1.807, 2.05) is 36.4 Å². The molecule has 0 spiro atoms. The lowest BCUT2D eigenvalue weighted by Crippen LogP contribution is -2.49. The highest BCUT2D eigenvalue weighted by molar-refractivity contribution is 5.66. The molecule has 124 valence electrons. The van der Waals surface area contributed by atoms with E-state index in [-0.39, 0.29) is 6.42 Å². The van der Waals surface area contributed by atoms with Crippen molar-refractivity contribution < 1.29 is 19.4 Å². The Labute approximate surface area is 136 Å². The summed E-state index contributed by atoms with van der Waals surface area (Å²) in [5.74, 6) is -0.500. The van der Waals surface area contributed by atoms with Crippen molar-refractivity contribution >= 4 is 5.97 Å². The molecule has 5 heteroatoms. The van der Waals surface area contributed by atoms with Crippen LogP contribution in [0.5, 0.6) is 0 Å². The minimum absolute atomic E-state index is 0.192. The molecule has 3 atom stereocenters. The molecule has 1 aromatic carbocycles. The molecule has 1 aromatic rings. The van der Waals surface area contributed by atoms with Crippen LogP contribution in [-0.2, 0) is 20.9 Å². The Kier molecular flexibility index (Phi) is 6.14. The van der Waals surface area contributed by atoms with Crippen LogP contribution in [0.1, 0.15) is 44.6 Å². The van der Waals surface area contributed by atoms with Crippen molar-refractivity contribution in [1.29, 1.82) is 5.26 Å². The molecule has 1 N–H and O–H groups in total. The van der Waals surface area contributed by atoms with Crippen molar-refractivity contribution in [2.45, 2.75) is 63.4 Å². The largest absolute Gasteiger partial charge is 0.447 e. The van der Waals surface area contributed by atoms with Gasteiger partial charge in [0.25, 0.3) is 0 Å². The number of hydrogen-bond acceptors (Lipinski definition) is 5. The summed E-state index contributed by atoms with van der Waals surface area (Å²) < 4.78 is 11.1. The second-order valence-corrected chi connectivity index (χ2v) is 6.03. The van der Waals surface area contributed by atoms with Crippen molar-refractivity contribution in [2.24, 2.45) is 0 Å². The lowest BCUT2D eigenvalue weighted by atomic mass is 9.78. The molecular formula is C18H23NO4. The number of nitrogens with zero attached hydrogens (tertiary/aromatic N) is 1. The second kappa shape index (κ2) is 8.09. The maximum atomic E-state index is 11.1. The molecule has 0 amide bonds. The van der Waals surface area contributed by atoms with Gasteiger partial charge < -0.3 is 14.6 Å². The molecule has 1 aliphatic carbocycles. The topological polar surface area (TPSA) is 79.6 Å². The van der Waals surface area contributed by atoms with Gasteiger partial charge >= 0.3 is 5.97 Å². The van der Waals surface area contributed by atoms with E-state index in [1.165, 1.54) is 6.92 Å². The maximum Gasteiger partial charge on any atom is 0.303 e. The quantitative estimate of drug-likeness (QED) is 0.816. The molecule has 0 aliphatic heterocycles. The van der Waals surface area contributed by atoms with Gasteiger partial charge in [0.1, 0.15) is 6.07 Å². The number of benzene rings is 1. The predicted octanol–water partition coefficient (Wildman–Crippen LogP) is 2.72. The Morgan fingerprint density at radius 2 is 2.17 bits per heavy atom. The van der Waals surface area contributed by atoms with E-state index < -0.39 is 23.8 Å². The SMILES string of the molecule is CC(=O)O[C@@H](C#N)C[C@]1(OCc2ccccc2)CCCCC1O. The normalized spacial score (nSPS) is 25.3. The molecule has 1 unspecified atom stereocenters.